The van der Waals surface area contributed by atoms with E-state index in [4.69, 9.17) is 4.74 Å². The molecule has 0 spiro atoms. The Bertz CT molecular complexity index is 2310. The number of nitrogens with one attached hydrogen (secondary N) is 6. The highest BCUT2D eigenvalue weighted by atomic mass is 16.5. The minimum atomic E-state index is -1.70. The number of amides is 7. The number of phenols is 2. The number of aliphatic hydroxyl groups is 3. The van der Waals surface area contributed by atoms with Gasteiger partial charge < -0.3 is 67.1 Å². The van der Waals surface area contributed by atoms with Crippen LogP contribution in [0.2, 0.25) is 0 Å². The molecular formula is C56H83N7O14. The molecule has 1 heterocycles. The predicted molar refractivity (Wildman–Crippen MR) is 287 cm³/mol. The molecule has 2 aromatic rings. The van der Waals surface area contributed by atoms with Crippen molar-refractivity contribution in [2.24, 2.45) is 17.8 Å². The lowest BCUT2D eigenvalue weighted by atomic mass is 9.97. The maximum absolute atomic E-state index is 13.9. The van der Waals surface area contributed by atoms with Crippen LogP contribution in [0, 0.1) is 17.8 Å². The van der Waals surface area contributed by atoms with Gasteiger partial charge in [-0.05, 0) is 72.4 Å². The van der Waals surface area contributed by atoms with Gasteiger partial charge in [-0.2, -0.15) is 0 Å². The number of aromatic hydroxyl groups is 2. The number of rotatable bonds is 28. The molecular weight excluding hydrogens is 995 g/mol. The van der Waals surface area contributed by atoms with Crippen molar-refractivity contribution < 1.29 is 68.6 Å². The number of cyclic esters (lactones) is 1. The topological polar surface area (TPSA) is 322 Å². The Morgan fingerprint density at radius 3 is 1.83 bits per heavy atom. The maximum Gasteiger partial charge on any atom is 0.329 e. The normalized spacial score (nSPS) is 19.2. The predicted octanol–water partition coefficient (Wildman–Crippen LogP) is 2.11. The van der Waals surface area contributed by atoms with Crippen molar-refractivity contribution in [2.75, 3.05) is 20.3 Å². The van der Waals surface area contributed by atoms with E-state index in [9.17, 15) is 63.9 Å². The molecule has 2 aromatic carbocycles. The Labute approximate surface area is 452 Å². The van der Waals surface area contributed by atoms with Crippen LogP contribution in [0.4, 0.5) is 0 Å². The van der Waals surface area contributed by atoms with E-state index in [0.717, 1.165) is 38.2 Å². The van der Waals surface area contributed by atoms with Gasteiger partial charge in [0.05, 0.1) is 49.8 Å². The summed E-state index contributed by atoms with van der Waals surface area (Å²) in [5.74, 6) is -7.04. The van der Waals surface area contributed by atoms with Crippen LogP contribution in [0.3, 0.4) is 0 Å². The molecule has 0 fully saturated rings. The number of carbonyl (C=O) groups excluding carboxylic acids is 8. The minimum absolute atomic E-state index is 0.00151. The van der Waals surface area contributed by atoms with E-state index in [1.807, 2.05) is 6.08 Å². The quantitative estimate of drug-likeness (QED) is 0.0331. The van der Waals surface area contributed by atoms with Crippen molar-refractivity contribution >= 4 is 47.3 Å². The first-order valence-corrected chi connectivity index (χ1v) is 26.5. The van der Waals surface area contributed by atoms with Crippen LogP contribution in [0.5, 0.6) is 11.5 Å². The van der Waals surface area contributed by atoms with E-state index in [2.05, 4.69) is 38.8 Å². The van der Waals surface area contributed by atoms with Crippen LogP contribution in [0.25, 0.3) is 0 Å². The number of esters is 1. The van der Waals surface area contributed by atoms with Crippen LogP contribution in [-0.4, -0.2) is 153 Å². The van der Waals surface area contributed by atoms with E-state index >= 15 is 0 Å². The van der Waals surface area contributed by atoms with E-state index in [1.54, 1.807) is 71.9 Å². The molecule has 21 heteroatoms. The number of benzene rings is 2. The summed E-state index contributed by atoms with van der Waals surface area (Å²) in [6, 6.07) is 4.03. The average Bonchev–Trinajstić information content (AvgIpc) is 3.37. The lowest BCUT2D eigenvalue weighted by molar-refractivity contribution is -0.156. The summed E-state index contributed by atoms with van der Waals surface area (Å²) in [5.41, 5.74) is 1.27. The van der Waals surface area contributed by atoms with Crippen LogP contribution < -0.4 is 31.9 Å². The Morgan fingerprint density at radius 2 is 1.29 bits per heavy atom. The zero-order valence-electron chi connectivity index (χ0n) is 45.7. The largest absolute Gasteiger partial charge is 0.508 e. The number of carbonyl (C=O) groups is 8. The highest BCUT2D eigenvalue weighted by molar-refractivity contribution is 5.95. The molecule has 0 aromatic heterocycles. The third-order valence-corrected chi connectivity index (χ3v) is 13.1. The molecule has 426 valence electrons. The summed E-state index contributed by atoms with van der Waals surface area (Å²) < 4.78 is 5.65. The van der Waals surface area contributed by atoms with Crippen LogP contribution in [0.1, 0.15) is 111 Å². The first-order valence-electron chi connectivity index (χ1n) is 26.5. The zero-order valence-corrected chi connectivity index (χ0v) is 45.7. The third kappa shape index (κ3) is 22.3. The highest BCUT2D eigenvalue weighted by Crippen LogP contribution is 2.19. The Kier molecular flexibility index (Phi) is 27.3. The second-order valence-electron chi connectivity index (χ2n) is 20.7. The monoisotopic (exact) mass is 1080 g/mol. The fourth-order valence-corrected chi connectivity index (χ4v) is 8.38. The molecule has 0 aliphatic carbocycles. The lowest BCUT2D eigenvalue weighted by Gasteiger charge is -2.32. The second-order valence-corrected chi connectivity index (χ2v) is 20.7. The first-order chi connectivity index (χ1) is 36.4. The molecule has 0 unspecified atom stereocenters. The number of nitrogens with zero attached hydrogens (tertiary/aromatic N) is 1. The van der Waals surface area contributed by atoms with E-state index in [-0.39, 0.29) is 36.7 Å². The summed E-state index contributed by atoms with van der Waals surface area (Å²) in [7, 11) is 1.41. The van der Waals surface area contributed by atoms with Crippen molar-refractivity contribution in [1.82, 2.24) is 36.8 Å². The van der Waals surface area contributed by atoms with Crippen LogP contribution in [0.15, 0.2) is 72.8 Å². The second kappa shape index (κ2) is 32.7. The summed E-state index contributed by atoms with van der Waals surface area (Å²) in [5, 5.41) is 68.2. The van der Waals surface area contributed by atoms with E-state index in [0.29, 0.717) is 11.1 Å². The van der Waals surface area contributed by atoms with Gasteiger partial charge in [0.1, 0.15) is 42.3 Å². The lowest BCUT2D eigenvalue weighted by Crippen LogP contribution is -2.57. The van der Waals surface area contributed by atoms with Crippen molar-refractivity contribution in [2.45, 2.75) is 167 Å². The molecule has 0 bridgehead atoms. The molecule has 9 atom stereocenters. The molecule has 3 rings (SSSR count). The van der Waals surface area contributed by atoms with Gasteiger partial charge in [0.2, 0.25) is 41.4 Å². The third-order valence-electron chi connectivity index (χ3n) is 13.1. The maximum atomic E-state index is 13.9. The van der Waals surface area contributed by atoms with Crippen molar-refractivity contribution in [3.05, 3.63) is 84.0 Å². The van der Waals surface area contributed by atoms with Gasteiger partial charge in [0.25, 0.3) is 0 Å². The van der Waals surface area contributed by atoms with Gasteiger partial charge >= 0.3 is 5.97 Å². The number of aliphatic hydroxyl groups excluding tert-OH is 3. The molecule has 0 saturated carbocycles. The fourth-order valence-electron chi connectivity index (χ4n) is 8.38. The molecule has 77 heavy (non-hydrogen) atoms. The molecule has 7 amide bonds. The molecule has 21 nitrogen and oxygen atoms in total. The molecule has 0 radical (unpaired) electrons. The van der Waals surface area contributed by atoms with Crippen LogP contribution in [-0.2, 0) is 55.9 Å². The number of likely N-dealkylation sites (N-methyl/N-ethyl adjacent to an activating group) is 1. The number of hydrogen-bond acceptors (Lipinski definition) is 14. The highest BCUT2D eigenvalue weighted by Gasteiger charge is 2.37. The molecule has 1 aliphatic rings. The first kappa shape index (κ1) is 64.4. The summed E-state index contributed by atoms with van der Waals surface area (Å²) in [6.07, 6.45) is 7.05. The average molecular weight is 1080 g/mol. The van der Waals surface area contributed by atoms with Crippen molar-refractivity contribution in [3.63, 3.8) is 0 Å². The summed E-state index contributed by atoms with van der Waals surface area (Å²) in [6.45, 7) is 10.8. The number of hydrogen-bond donors (Lipinski definition) is 11. The molecule has 1 aliphatic heterocycles. The Balaban J connectivity index is 1.68. The number of unbranched alkanes of at least 4 members (excludes halogenated alkanes) is 4. The molecule has 11 N–H and O–H groups in total. The van der Waals surface area contributed by atoms with Gasteiger partial charge in [-0.3, -0.25) is 33.6 Å². The fraction of sp³-hybridized carbons (Fsp3) is 0.571. The number of ether oxygens (including phenoxy) is 1. The summed E-state index contributed by atoms with van der Waals surface area (Å²) >= 11 is 0. The standard InChI is InChI=1S/C56H83N7O14/c1-9-10-11-12-13-14-15-16-46(69)58-41(27-36-17-22-39(65)23-18-36)44(67)29-48(71)62-51(34(4)5)54(74)59-42(31-64)45(68)30-49(72)61-50(33(2)3)53(73)57-38-21-26-47(70)60-52(35(6)7)55(75)63(8)43(56(76)77-32-38)28-37-19-24-40(66)25-20-37/h14-15,17-26,33-35,38,41-45,50-52,64-68H,9-13,16,27-32H2,1-8H3,(H,57,73)(H,58,69)(H,59,74)(H,60,70)(H,61,72)(H,62,71)/b15-14-,26-21+/t38-,41+,42+,43+,44+,45+,50+,51+,52+/m1/s1. The Morgan fingerprint density at radius 1 is 0.727 bits per heavy atom. The van der Waals surface area contributed by atoms with Crippen LogP contribution >= 0.6 is 0 Å². The minimum Gasteiger partial charge on any atom is -0.508 e. The van der Waals surface area contributed by atoms with Gasteiger partial charge in [0.15, 0.2) is 0 Å². The van der Waals surface area contributed by atoms with E-state index in [1.165, 1.54) is 42.3 Å². The van der Waals surface area contributed by atoms with Gasteiger partial charge in [-0.15, -0.1) is 0 Å². The SMILES string of the molecule is CCCCCC/C=C\CC(=O)N[C@@H](Cc1ccc(O)cc1)[C@@H](O)CC(=O)N[C@H](C(=O)N[C@@H](CO)[C@@H](O)CC(=O)N[C@H](C(=O)N[C@@H]1/C=C/C(=O)N[C@@H](C(C)C)C(=O)N(C)[C@@H](Cc2ccc(O)cc2)C(=O)OC1)C(C)C)C(C)C. The Hall–Kier alpha value is -6.84. The summed E-state index contributed by atoms with van der Waals surface area (Å²) in [4.78, 5) is 109. The zero-order chi connectivity index (χ0) is 57.4. The smallest absolute Gasteiger partial charge is 0.329 e. The molecule has 0 saturated heterocycles. The van der Waals surface area contributed by atoms with E-state index < -0.39 is 140 Å². The van der Waals surface area contributed by atoms with Crippen molar-refractivity contribution in [3.8, 4) is 11.5 Å². The van der Waals surface area contributed by atoms with Gasteiger partial charge in [-0.25, -0.2) is 4.79 Å². The van der Waals surface area contributed by atoms with Gasteiger partial charge in [-0.1, -0.05) is 110 Å². The van der Waals surface area contributed by atoms with Crippen molar-refractivity contribution in [1.29, 1.82) is 0 Å². The van der Waals surface area contributed by atoms with Gasteiger partial charge in [0, 0.05) is 26.0 Å². The number of allylic oxidation sites excluding steroid dienone is 1. The number of phenolic OH excluding ortho intramolecular Hbond substituents is 2.